The molecule has 1 heterocycles. The Morgan fingerprint density at radius 3 is 2.29 bits per heavy atom. The second kappa shape index (κ2) is 11.0. The lowest BCUT2D eigenvalue weighted by Crippen LogP contribution is -2.48. The standard InChI is InChI=1S/C24H30F2N6O3/c1-14(30-24(29)21-18(28)12-19(34-2)23(35-3)22(21)26)31-8-10-32(11-9-31)20(33)13-17(27)15-4-6-16(25)7-5-15/h4-7,12,17H,1,8-11,13,27-28H2,2-3H3,(H2,29,30)/t17-/m1/s1. The summed E-state index contributed by atoms with van der Waals surface area (Å²) in [4.78, 5) is 20.5. The molecular formula is C24H30F2N6O3. The number of amidine groups is 1. The van der Waals surface area contributed by atoms with E-state index in [0.29, 0.717) is 37.6 Å². The number of anilines is 1. The minimum atomic E-state index is -0.786. The highest BCUT2D eigenvalue weighted by atomic mass is 19.1. The molecule has 188 valence electrons. The third kappa shape index (κ3) is 5.80. The molecule has 0 spiro atoms. The van der Waals surface area contributed by atoms with Crippen LogP contribution in [0.3, 0.4) is 0 Å². The van der Waals surface area contributed by atoms with Gasteiger partial charge in [0.2, 0.25) is 5.91 Å². The second-order valence-electron chi connectivity index (χ2n) is 8.03. The van der Waals surface area contributed by atoms with Gasteiger partial charge in [-0.15, -0.1) is 0 Å². The van der Waals surface area contributed by atoms with Crippen molar-refractivity contribution in [2.45, 2.75) is 12.5 Å². The zero-order valence-electron chi connectivity index (χ0n) is 19.8. The molecule has 1 fully saturated rings. The number of piperazine rings is 1. The number of carbonyl (C=O) groups excluding carboxylic acids is 1. The van der Waals surface area contributed by atoms with E-state index in [2.05, 4.69) is 11.6 Å². The van der Waals surface area contributed by atoms with Crippen molar-refractivity contribution in [2.75, 3.05) is 46.1 Å². The number of hydrogen-bond acceptors (Lipinski definition) is 7. The van der Waals surface area contributed by atoms with Gasteiger partial charge in [0.05, 0.1) is 19.8 Å². The predicted molar refractivity (Wildman–Crippen MR) is 130 cm³/mol. The van der Waals surface area contributed by atoms with E-state index in [1.54, 1.807) is 17.0 Å². The van der Waals surface area contributed by atoms with Gasteiger partial charge in [-0.05, 0) is 17.7 Å². The molecule has 1 saturated heterocycles. The largest absolute Gasteiger partial charge is 0.493 e. The zero-order chi connectivity index (χ0) is 25.7. The van der Waals surface area contributed by atoms with Crippen molar-refractivity contribution in [3.05, 3.63) is 65.5 Å². The maximum Gasteiger partial charge on any atom is 0.224 e. The fourth-order valence-electron chi connectivity index (χ4n) is 3.85. The van der Waals surface area contributed by atoms with Crippen molar-refractivity contribution in [3.63, 3.8) is 0 Å². The van der Waals surface area contributed by atoms with Crippen LogP contribution in [0.1, 0.15) is 23.6 Å². The summed E-state index contributed by atoms with van der Waals surface area (Å²) >= 11 is 0. The summed E-state index contributed by atoms with van der Waals surface area (Å²) < 4.78 is 38.2. The van der Waals surface area contributed by atoms with Crippen LogP contribution in [0.25, 0.3) is 0 Å². The van der Waals surface area contributed by atoms with Gasteiger partial charge in [0.15, 0.2) is 17.3 Å². The fourth-order valence-corrected chi connectivity index (χ4v) is 3.85. The second-order valence-corrected chi connectivity index (χ2v) is 8.03. The number of nitrogen functional groups attached to an aromatic ring is 1. The molecule has 0 saturated carbocycles. The number of hydrogen-bond donors (Lipinski definition) is 3. The average Bonchev–Trinajstić information content (AvgIpc) is 2.84. The van der Waals surface area contributed by atoms with Gasteiger partial charge in [0.25, 0.3) is 0 Å². The van der Waals surface area contributed by atoms with E-state index in [4.69, 9.17) is 26.7 Å². The van der Waals surface area contributed by atoms with Crippen LogP contribution in [0.4, 0.5) is 14.5 Å². The van der Waals surface area contributed by atoms with Crippen LogP contribution in [0, 0.1) is 11.6 Å². The quantitative estimate of drug-likeness (QED) is 0.294. The monoisotopic (exact) mass is 488 g/mol. The van der Waals surface area contributed by atoms with E-state index in [1.165, 1.54) is 32.4 Å². The highest BCUT2D eigenvalue weighted by Gasteiger charge is 2.25. The van der Waals surface area contributed by atoms with Crippen molar-refractivity contribution >= 4 is 17.4 Å². The molecule has 1 aliphatic heterocycles. The van der Waals surface area contributed by atoms with E-state index >= 15 is 0 Å². The number of amides is 1. The third-order valence-corrected chi connectivity index (χ3v) is 5.84. The summed E-state index contributed by atoms with van der Waals surface area (Å²) in [6.45, 7) is 5.69. The fraction of sp³-hybridized carbons (Fsp3) is 0.333. The molecule has 1 amide bonds. The molecule has 6 N–H and O–H groups in total. The van der Waals surface area contributed by atoms with E-state index in [1.807, 2.05) is 4.90 Å². The Kier molecular flexibility index (Phi) is 8.13. The molecule has 0 aliphatic carbocycles. The highest BCUT2D eigenvalue weighted by molar-refractivity contribution is 6.03. The number of halogens is 2. The predicted octanol–water partition coefficient (Wildman–Crippen LogP) is 1.98. The van der Waals surface area contributed by atoms with Gasteiger partial charge >= 0.3 is 0 Å². The highest BCUT2D eigenvalue weighted by Crippen LogP contribution is 2.36. The number of ether oxygens (including phenoxy) is 2. The van der Waals surface area contributed by atoms with Crippen molar-refractivity contribution in [1.82, 2.24) is 9.80 Å². The SMILES string of the molecule is C=C(N=C(N)c1c(N)cc(OC)c(OC)c1F)N1CCN(C(=O)C[C@@H](N)c2ccc(F)cc2)CC1. The van der Waals surface area contributed by atoms with Gasteiger partial charge in [-0.2, -0.15) is 0 Å². The van der Waals surface area contributed by atoms with Crippen LogP contribution in [-0.4, -0.2) is 61.9 Å². The molecule has 1 atom stereocenters. The zero-order valence-corrected chi connectivity index (χ0v) is 19.8. The molecular weight excluding hydrogens is 458 g/mol. The minimum Gasteiger partial charge on any atom is -0.493 e. The summed E-state index contributed by atoms with van der Waals surface area (Å²) in [5.41, 5.74) is 18.8. The Hall–Kier alpha value is -3.86. The van der Waals surface area contributed by atoms with Crippen molar-refractivity contribution in [2.24, 2.45) is 16.5 Å². The first-order valence-corrected chi connectivity index (χ1v) is 10.9. The maximum atomic E-state index is 14.9. The molecule has 0 radical (unpaired) electrons. The number of aliphatic imine (C=N–C) groups is 1. The molecule has 2 aromatic rings. The Labute approximate surface area is 202 Å². The van der Waals surface area contributed by atoms with Gasteiger partial charge in [-0.3, -0.25) is 4.79 Å². The minimum absolute atomic E-state index is 0.0436. The van der Waals surface area contributed by atoms with E-state index in [0.717, 1.165) is 0 Å². The molecule has 11 heteroatoms. The van der Waals surface area contributed by atoms with E-state index in [9.17, 15) is 13.6 Å². The van der Waals surface area contributed by atoms with Crippen molar-refractivity contribution in [3.8, 4) is 11.5 Å². The molecule has 0 bridgehead atoms. The van der Waals surface area contributed by atoms with Crippen LogP contribution < -0.4 is 26.7 Å². The van der Waals surface area contributed by atoms with Gasteiger partial charge in [-0.1, -0.05) is 18.7 Å². The molecule has 1 aliphatic rings. The Balaban J connectivity index is 1.62. The van der Waals surface area contributed by atoms with Crippen molar-refractivity contribution < 1.29 is 23.0 Å². The molecule has 3 rings (SSSR count). The lowest BCUT2D eigenvalue weighted by atomic mass is 10.0. The first-order valence-electron chi connectivity index (χ1n) is 10.9. The summed E-state index contributed by atoms with van der Waals surface area (Å²) in [5.74, 6) is -1.09. The molecule has 35 heavy (non-hydrogen) atoms. The van der Waals surface area contributed by atoms with Gasteiger partial charge in [-0.25, -0.2) is 13.8 Å². The van der Waals surface area contributed by atoms with Crippen LogP contribution in [0.5, 0.6) is 11.5 Å². The number of methoxy groups -OCH3 is 2. The van der Waals surface area contributed by atoms with Gasteiger partial charge < -0.3 is 36.5 Å². The normalized spacial score (nSPS) is 15.1. The van der Waals surface area contributed by atoms with Crippen LogP contribution >= 0.6 is 0 Å². The first kappa shape index (κ1) is 25.8. The Morgan fingerprint density at radius 1 is 1.11 bits per heavy atom. The van der Waals surface area contributed by atoms with Crippen LogP contribution in [0.2, 0.25) is 0 Å². The molecule has 0 unspecified atom stereocenters. The Bertz CT molecular complexity index is 1120. The molecule has 2 aromatic carbocycles. The summed E-state index contributed by atoms with van der Waals surface area (Å²) in [5, 5.41) is 0. The number of nitrogens with two attached hydrogens (primary N) is 3. The number of benzene rings is 2. The molecule has 9 nitrogen and oxygen atoms in total. The van der Waals surface area contributed by atoms with Gasteiger partial charge in [0.1, 0.15) is 17.5 Å². The van der Waals surface area contributed by atoms with Crippen LogP contribution in [-0.2, 0) is 4.79 Å². The number of rotatable bonds is 8. The first-order chi connectivity index (χ1) is 16.7. The van der Waals surface area contributed by atoms with E-state index < -0.39 is 11.9 Å². The summed E-state index contributed by atoms with van der Waals surface area (Å²) in [7, 11) is 2.68. The lowest BCUT2D eigenvalue weighted by molar-refractivity contribution is -0.133. The average molecular weight is 489 g/mol. The molecule has 0 aromatic heterocycles. The summed E-state index contributed by atoms with van der Waals surface area (Å²) in [6.07, 6.45) is 0.107. The number of nitrogens with zero attached hydrogens (tertiary/aromatic N) is 3. The number of carbonyl (C=O) groups is 1. The lowest BCUT2D eigenvalue weighted by Gasteiger charge is -2.36. The maximum absolute atomic E-state index is 14.9. The topological polar surface area (TPSA) is 132 Å². The van der Waals surface area contributed by atoms with E-state index in [-0.39, 0.29) is 46.7 Å². The van der Waals surface area contributed by atoms with Gasteiger partial charge in [0, 0.05) is 50.4 Å². The van der Waals surface area contributed by atoms with Crippen molar-refractivity contribution in [1.29, 1.82) is 0 Å². The Morgan fingerprint density at radius 2 is 1.71 bits per heavy atom. The summed E-state index contributed by atoms with van der Waals surface area (Å²) in [6, 6.07) is 6.67. The van der Waals surface area contributed by atoms with Crippen LogP contribution in [0.15, 0.2) is 47.7 Å². The smallest absolute Gasteiger partial charge is 0.224 e. The third-order valence-electron chi connectivity index (χ3n) is 5.84.